The predicted octanol–water partition coefficient (Wildman–Crippen LogP) is -2.55. The van der Waals surface area contributed by atoms with Gasteiger partial charge in [0.1, 0.15) is 18.1 Å². The van der Waals surface area contributed by atoms with E-state index in [1.54, 1.807) is 0 Å². The summed E-state index contributed by atoms with van der Waals surface area (Å²) in [4.78, 5) is 53.7. The van der Waals surface area contributed by atoms with Gasteiger partial charge in [0.15, 0.2) is 5.96 Å². The van der Waals surface area contributed by atoms with Crippen molar-refractivity contribution in [3.05, 3.63) is 0 Å². The molecule has 164 valence electrons. The van der Waals surface area contributed by atoms with E-state index < -0.39 is 47.9 Å². The molecule has 3 amide bonds. The van der Waals surface area contributed by atoms with Crippen molar-refractivity contribution in [2.45, 2.75) is 63.7 Å². The van der Waals surface area contributed by atoms with Gasteiger partial charge < -0.3 is 37.8 Å². The first-order valence-electron chi connectivity index (χ1n) is 9.49. The molecule has 0 aliphatic carbocycles. The zero-order valence-electron chi connectivity index (χ0n) is 16.8. The first-order chi connectivity index (χ1) is 13.5. The first kappa shape index (κ1) is 24.1. The smallest absolute Gasteiger partial charge is 0.325 e. The number of nitrogens with one attached hydrogen (secondary N) is 2. The lowest BCUT2D eigenvalue weighted by Crippen LogP contribution is -2.56. The highest BCUT2D eigenvalue weighted by molar-refractivity contribution is 5.94. The third kappa shape index (κ3) is 7.56. The Bertz CT molecular complexity index is 648. The minimum atomic E-state index is -1.17. The van der Waals surface area contributed by atoms with Gasteiger partial charge in [0.05, 0.1) is 6.04 Å². The summed E-state index contributed by atoms with van der Waals surface area (Å²) in [6.07, 6.45) is 1.68. The Kier molecular flexibility index (Phi) is 9.32. The van der Waals surface area contributed by atoms with Gasteiger partial charge in [-0.25, -0.2) is 0 Å². The molecule has 4 unspecified atom stereocenters. The number of rotatable bonds is 10. The van der Waals surface area contributed by atoms with Crippen molar-refractivity contribution in [3.63, 3.8) is 0 Å². The number of carboxylic acids is 1. The molecule has 4 atom stereocenters. The molecule has 0 aromatic carbocycles. The summed E-state index contributed by atoms with van der Waals surface area (Å²) in [6, 6.07) is -3.57. The van der Waals surface area contributed by atoms with E-state index in [4.69, 9.17) is 22.3 Å². The van der Waals surface area contributed by atoms with Gasteiger partial charge in [-0.2, -0.15) is 0 Å². The van der Waals surface area contributed by atoms with Crippen LogP contribution in [0.25, 0.3) is 0 Å². The lowest BCUT2D eigenvalue weighted by molar-refractivity contribution is -0.144. The molecule has 1 aliphatic heterocycles. The van der Waals surface area contributed by atoms with Crippen LogP contribution in [0, 0.1) is 0 Å². The van der Waals surface area contributed by atoms with Gasteiger partial charge in [-0.15, -0.1) is 0 Å². The Morgan fingerprint density at radius 2 is 1.86 bits per heavy atom. The topological polar surface area (TPSA) is 206 Å². The van der Waals surface area contributed by atoms with Gasteiger partial charge in [0.25, 0.3) is 0 Å². The Balaban J connectivity index is 2.87. The van der Waals surface area contributed by atoms with Crippen LogP contribution in [0.2, 0.25) is 0 Å². The SMILES string of the molecule is CC(N)C(=O)NC(CCCN=C(N)N)C(=O)N1CCCC1C(=O)NC(C)C(=O)O. The average Bonchev–Trinajstić information content (AvgIpc) is 3.12. The summed E-state index contributed by atoms with van der Waals surface area (Å²) in [5.74, 6) is -2.70. The second kappa shape index (κ2) is 11.2. The summed E-state index contributed by atoms with van der Waals surface area (Å²) in [5.41, 5.74) is 16.1. The molecule has 1 aliphatic rings. The molecule has 0 saturated carbocycles. The largest absolute Gasteiger partial charge is 0.480 e. The van der Waals surface area contributed by atoms with E-state index in [1.165, 1.54) is 18.7 Å². The molecular formula is C17H31N7O5. The maximum atomic E-state index is 13.1. The van der Waals surface area contributed by atoms with Gasteiger partial charge in [-0.05, 0) is 39.5 Å². The molecule has 1 rings (SSSR count). The minimum absolute atomic E-state index is 0.0729. The molecule has 0 bridgehead atoms. The molecular weight excluding hydrogens is 382 g/mol. The van der Waals surface area contributed by atoms with Crippen molar-refractivity contribution in [2.24, 2.45) is 22.2 Å². The van der Waals surface area contributed by atoms with Gasteiger partial charge in [0, 0.05) is 13.1 Å². The van der Waals surface area contributed by atoms with E-state index >= 15 is 0 Å². The second-order valence-electron chi connectivity index (χ2n) is 7.06. The Morgan fingerprint density at radius 3 is 2.41 bits per heavy atom. The number of carbonyl (C=O) groups excluding carboxylic acids is 3. The van der Waals surface area contributed by atoms with E-state index in [0.29, 0.717) is 25.8 Å². The fourth-order valence-corrected chi connectivity index (χ4v) is 2.94. The van der Waals surface area contributed by atoms with Crippen molar-refractivity contribution < 1.29 is 24.3 Å². The summed E-state index contributed by atoms with van der Waals surface area (Å²) in [7, 11) is 0. The Hall–Kier alpha value is -2.89. The molecule has 29 heavy (non-hydrogen) atoms. The molecule has 9 N–H and O–H groups in total. The van der Waals surface area contributed by atoms with E-state index in [0.717, 1.165) is 0 Å². The molecule has 0 radical (unpaired) electrons. The van der Waals surface area contributed by atoms with Crippen molar-refractivity contribution in [1.82, 2.24) is 15.5 Å². The normalized spacial score (nSPS) is 19.0. The highest BCUT2D eigenvalue weighted by Gasteiger charge is 2.38. The number of hydrogen-bond acceptors (Lipinski definition) is 6. The first-order valence-corrected chi connectivity index (χ1v) is 9.49. The van der Waals surface area contributed by atoms with Crippen LogP contribution < -0.4 is 27.8 Å². The molecule has 1 saturated heterocycles. The number of aliphatic imine (C=N–C) groups is 1. The van der Waals surface area contributed by atoms with Gasteiger partial charge in [0.2, 0.25) is 17.7 Å². The molecule has 12 nitrogen and oxygen atoms in total. The number of nitrogens with two attached hydrogens (primary N) is 3. The summed E-state index contributed by atoms with van der Waals surface area (Å²) in [6.45, 7) is 3.45. The lowest BCUT2D eigenvalue weighted by Gasteiger charge is -2.29. The third-order valence-corrected chi connectivity index (χ3v) is 4.54. The van der Waals surface area contributed by atoms with E-state index in [2.05, 4.69) is 15.6 Å². The van der Waals surface area contributed by atoms with Crippen LogP contribution in [0.4, 0.5) is 0 Å². The zero-order valence-corrected chi connectivity index (χ0v) is 16.8. The number of aliphatic carboxylic acids is 1. The minimum Gasteiger partial charge on any atom is -0.480 e. The van der Waals surface area contributed by atoms with Crippen molar-refractivity contribution in [3.8, 4) is 0 Å². The number of guanidine groups is 1. The van der Waals surface area contributed by atoms with Crippen LogP contribution >= 0.6 is 0 Å². The predicted molar refractivity (Wildman–Crippen MR) is 105 cm³/mol. The van der Waals surface area contributed by atoms with Crippen LogP contribution in [0.3, 0.4) is 0 Å². The fraction of sp³-hybridized carbons (Fsp3) is 0.706. The molecule has 0 aromatic heterocycles. The number of carbonyl (C=O) groups is 4. The molecule has 0 spiro atoms. The zero-order chi connectivity index (χ0) is 22.1. The molecule has 1 fully saturated rings. The monoisotopic (exact) mass is 413 g/mol. The fourth-order valence-electron chi connectivity index (χ4n) is 2.94. The van der Waals surface area contributed by atoms with E-state index in [1.807, 2.05) is 0 Å². The Morgan fingerprint density at radius 1 is 1.21 bits per heavy atom. The maximum absolute atomic E-state index is 13.1. The maximum Gasteiger partial charge on any atom is 0.325 e. The summed E-state index contributed by atoms with van der Waals surface area (Å²) in [5, 5.41) is 14.0. The molecule has 12 heteroatoms. The summed E-state index contributed by atoms with van der Waals surface area (Å²) >= 11 is 0. The summed E-state index contributed by atoms with van der Waals surface area (Å²) < 4.78 is 0. The lowest BCUT2D eigenvalue weighted by atomic mass is 10.1. The van der Waals surface area contributed by atoms with Crippen LogP contribution in [-0.2, 0) is 19.2 Å². The second-order valence-corrected chi connectivity index (χ2v) is 7.06. The van der Waals surface area contributed by atoms with Crippen LogP contribution in [0.1, 0.15) is 39.5 Å². The highest BCUT2D eigenvalue weighted by Crippen LogP contribution is 2.20. The van der Waals surface area contributed by atoms with Gasteiger partial charge in [-0.1, -0.05) is 0 Å². The number of amides is 3. The Labute approximate surface area is 169 Å². The average molecular weight is 413 g/mol. The third-order valence-electron chi connectivity index (χ3n) is 4.54. The standard InChI is InChI=1S/C17H31N7O5/c1-9(18)13(25)23-11(5-3-7-21-17(19)20)15(27)24-8-4-6-12(24)14(26)22-10(2)16(28)29/h9-12H,3-8,18H2,1-2H3,(H,22,26)(H,23,25)(H,28,29)(H4,19,20,21). The van der Waals surface area contributed by atoms with E-state index in [-0.39, 0.29) is 18.9 Å². The highest BCUT2D eigenvalue weighted by atomic mass is 16.4. The molecule has 0 aromatic rings. The number of carboxylic acid groups (broad SMARTS) is 1. The number of likely N-dealkylation sites (tertiary alicyclic amines) is 1. The van der Waals surface area contributed by atoms with Gasteiger partial charge >= 0.3 is 5.97 Å². The molecule has 1 heterocycles. The van der Waals surface area contributed by atoms with E-state index in [9.17, 15) is 19.2 Å². The van der Waals surface area contributed by atoms with Crippen LogP contribution in [0.15, 0.2) is 4.99 Å². The van der Waals surface area contributed by atoms with Gasteiger partial charge in [-0.3, -0.25) is 24.2 Å². The van der Waals surface area contributed by atoms with Crippen molar-refractivity contribution in [1.29, 1.82) is 0 Å². The quantitative estimate of drug-likeness (QED) is 0.127. The number of hydrogen-bond donors (Lipinski definition) is 6. The van der Waals surface area contributed by atoms with Crippen LogP contribution in [-0.4, -0.2) is 76.9 Å². The van der Waals surface area contributed by atoms with Crippen molar-refractivity contribution >= 4 is 29.7 Å². The van der Waals surface area contributed by atoms with Crippen molar-refractivity contribution in [2.75, 3.05) is 13.1 Å². The number of nitrogens with zero attached hydrogens (tertiary/aromatic N) is 2. The van der Waals surface area contributed by atoms with Crippen LogP contribution in [0.5, 0.6) is 0 Å².